The van der Waals surface area contributed by atoms with E-state index in [1.54, 1.807) is 0 Å². The first kappa shape index (κ1) is 18.7. The molecule has 0 unspecified atom stereocenters. The normalized spacial score (nSPS) is 19.2. The van der Waals surface area contributed by atoms with Crippen molar-refractivity contribution in [3.05, 3.63) is 82.4 Å². The van der Waals surface area contributed by atoms with E-state index in [0.29, 0.717) is 16.4 Å². The fourth-order valence-electron chi connectivity index (χ4n) is 3.07. The second-order valence-corrected chi connectivity index (χ2v) is 6.99. The first-order valence-corrected chi connectivity index (χ1v) is 9.39. The topological polar surface area (TPSA) is 79.2 Å². The van der Waals surface area contributed by atoms with Crippen LogP contribution in [-0.2, 0) is 20.1 Å². The van der Waals surface area contributed by atoms with Crippen LogP contribution in [-0.4, -0.2) is 19.0 Å². The number of hydrogen-bond acceptors (Lipinski definition) is 5. The lowest BCUT2D eigenvalue weighted by atomic mass is 9.78. The number of thioether (sulfide) groups is 1. The predicted octanol–water partition coefficient (Wildman–Crippen LogP) is 3.36. The van der Waals surface area contributed by atoms with Crippen LogP contribution in [0.2, 0.25) is 0 Å². The number of hydrogen-bond donors (Lipinski definition) is 1. The Bertz CT molecular complexity index is 904. The van der Waals surface area contributed by atoms with Gasteiger partial charge in [0.05, 0.1) is 23.8 Å². The fraction of sp³-hybridized carbons (Fsp3) is 0.190. The van der Waals surface area contributed by atoms with Gasteiger partial charge in [-0.15, -0.1) is 11.8 Å². The maximum absolute atomic E-state index is 12.7. The van der Waals surface area contributed by atoms with E-state index in [9.17, 15) is 14.9 Å². The average molecular weight is 378 g/mol. The molecule has 5 nitrogen and oxygen atoms in total. The first-order chi connectivity index (χ1) is 13.2. The Labute approximate surface area is 162 Å². The number of rotatable bonds is 5. The number of methoxy groups -OCH3 is 1. The van der Waals surface area contributed by atoms with Crippen LogP contribution < -0.4 is 5.32 Å². The number of nitrogens with one attached hydrogen (secondary N) is 1. The molecule has 1 heterocycles. The molecule has 2 aromatic rings. The summed E-state index contributed by atoms with van der Waals surface area (Å²) in [5, 5.41) is 13.0. The van der Waals surface area contributed by atoms with Crippen LogP contribution in [0.3, 0.4) is 0 Å². The molecule has 6 heteroatoms. The third-order valence-electron chi connectivity index (χ3n) is 4.37. The summed E-state index contributed by atoms with van der Waals surface area (Å²) in [6.07, 6.45) is 0. The molecule has 0 aliphatic carbocycles. The molecule has 1 aliphatic rings. The minimum absolute atomic E-state index is 0.372. The molecular formula is C21H18N2O3S. The zero-order valence-corrected chi connectivity index (χ0v) is 15.5. The molecule has 0 saturated carbocycles. The Morgan fingerprint density at radius 1 is 1.15 bits per heavy atom. The van der Waals surface area contributed by atoms with Crippen molar-refractivity contribution in [2.24, 2.45) is 5.92 Å². The second kappa shape index (κ2) is 8.56. The average Bonchev–Trinajstić information content (AvgIpc) is 2.72. The number of allylic oxidation sites excluding steroid dienone is 1. The van der Waals surface area contributed by atoms with Crippen molar-refractivity contribution in [1.82, 2.24) is 5.32 Å². The molecule has 1 N–H and O–H groups in total. The summed E-state index contributed by atoms with van der Waals surface area (Å²) >= 11 is 1.38. The maximum Gasteiger partial charge on any atom is 0.319 e. The third-order valence-corrected chi connectivity index (χ3v) is 5.46. The van der Waals surface area contributed by atoms with Crippen molar-refractivity contribution in [3.8, 4) is 6.07 Å². The van der Waals surface area contributed by atoms with Gasteiger partial charge in [-0.2, -0.15) is 5.26 Å². The van der Waals surface area contributed by atoms with Gasteiger partial charge >= 0.3 is 5.97 Å². The van der Waals surface area contributed by atoms with Crippen molar-refractivity contribution in [2.75, 3.05) is 7.11 Å². The number of nitriles is 1. The van der Waals surface area contributed by atoms with Gasteiger partial charge in [0.2, 0.25) is 5.91 Å². The Balaban J connectivity index is 2.01. The summed E-state index contributed by atoms with van der Waals surface area (Å²) in [5.41, 5.74) is 2.18. The van der Waals surface area contributed by atoms with E-state index in [-0.39, 0.29) is 0 Å². The third kappa shape index (κ3) is 4.04. The van der Waals surface area contributed by atoms with Crippen LogP contribution in [0.5, 0.6) is 0 Å². The largest absolute Gasteiger partial charge is 0.468 e. The molecule has 136 valence electrons. The Hall–Kier alpha value is -3.04. The zero-order valence-electron chi connectivity index (χ0n) is 14.7. The lowest BCUT2D eigenvalue weighted by Crippen LogP contribution is -2.44. The van der Waals surface area contributed by atoms with Crippen LogP contribution in [0.4, 0.5) is 0 Å². The molecule has 2 aromatic carbocycles. The van der Waals surface area contributed by atoms with Crippen molar-refractivity contribution in [1.29, 1.82) is 5.26 Å². The molecule has 27 heavy (non-hydrogen) atoms. The number of nitrogens with zero attached hydrogens (tertiary/aromatic N) is 1. The molecule has 0 fully saturated rings. The van der Waals surface area contributed by atoms with Gasteiger partial charge in [-0.1, -0.05) is 60.7 Å². The van der Waals surface area contributed by atoms with Gasteiger partial charge in [0.25, 0.3) is 0 Å². The quantitative estimate of drug-likeness (QED) is 0.637. The van der Waals surface area contributed by atoms with Gasteiger partial charge in [0, 0.05) is 11.7 Å². The van der Waals surface area contributed by atoms with E-state index in [2.05, 4.69) is 11.4 Å². The smallest absolute Gasteiger partial charge is 0.319 e. The zero-order chi connectivity index (χ0) is 19.2. The van der Waals surface area contributed by atoms with E-state index in [1.165, 1.54) is 18.9 Å². The van der Waals surface area contributed by atoms with Gasteiger partial charge in [-0.05, 0) is 11.1 Å². The van der Waals surface area contributed by atoms with E-state index in [0.717, 1.165) is 11.1 Å². The van der Waals surface area contributed by atoms with E-state index in [4.69, 9.17) is 4.74 Å². The molecule has 2 atom stereocenters. The molecule has 1 aliphatic heterocycles. The molecule has 0 spiro atoms. The number of amides is 1. The number of ether oxygens (including phenoxy) is 1. The summed E-state index contributed by atoms with van der Waals surface area (Å²) in [5.74, 6) is -2.26. The second-order valence-electron chi connectivity index (χ2n) is 6.01. The van der Waals surface area contributed by atoms with Crippen LogP contribution >= 0.6 is 11.8 Å². The van der Waals surface area contributed by atoms with Gasteiger partial charge in [-0.3, -0.25) is 9.59 Å². The van der Waals surface area contributed by atoms with Gasteiger partial charge in [0.1, 0.15) is 5.92 Å². The molecule has 0 radical (unpaired) electrons. The minimum Gasteiger partial charge on any atom is -0.468 e. The molecule has 1 amide bonds. The summed E-state index contributed by atoms with van der Waals surface area (Å²) in [7, 11) is 1.24. The molecule has 0 bridgehead atoms. The summed E-state index contributed by atoms with van der Waals surface area (Å²) < 4.78 is 4.83. The highest BCUT2D eigenvalue weighted by molar-refractivity contribution is 8.02. The lowest BCUT2D eigenvalue weighted by molar-refractivity contribution is -0.150. The standard InChI is InChI=1S/C21H18N2O3S/c1-26-21(25)18-17(15-10-6-3-7-11-15)16(12-22)20(23-19(18)24)27-13-14-8-4-2-5-9-14/h2-11,17-18H,13H2,1H3,(H,23,24)/t17-,18+/m0/s1. The van der Waals surface area contributed by atoms with Gasteiger partial charge < -0.3 is 10.1 Å². The number of carbonyl (C=O) groups is 2. The monoisotopic (exact) mass is 378 g/mol. The van der Waals surface area contributed by atoms with E-state index < -0.39 is 23.7 Å². The first-order valence-electron chi connectivity index (χ1n) is 8.40. The van der Waals surface area contributed by atoms with Crippen LogP contribution in [0.1, 0.15) is 17.0 Å². The summed E-state index contributed by atoms with van der Waals surface area (Å²) in [6, 6.07) is 21.1. The fourth-order valence-corrected chi connectivity index (χ4v) is 4.07. The predicted molar refractivity (Wildman–Crippen MR) is 103 cm³/mol. The van der Waals surface area contributed by atoms with E-state index in [1.807, 2.05) is 60.7 Å². The summed E-state index contributed by atoms with van der Waals surface area (Å²) in [6.45, 7) is 0. The highest BCUT2D eigenvalue weighted by Crippen LogP contribution is 2.40. The number of esters is 1. The SMILES string of the molecule is COC(=O)[C@H]1C(=O)NC(SCc2ccccc2)=C(C#N)[C@@H]1c1ccccc1. The molecule has 0 aromatic heterocycles. The van der Waals surface area contributed by atoms with Crippen LogP contribution in [0, 0.1) is 17.2 Å². The van der Waals surface area contributed by atoms with Crippen molar-refractivity contribution in [3.63, 3.8) is 0 Å². The highest BCUT2D eigenvalue weighted by Gasteiger charge is 2.44. The van der Waals surface area contributed by atoms with Crippen molar-refractivity contribution >= 4 is 23.6 Å². The minimum atomic E-state index is -1.09. The molecular weight excluding hydrogens is 360 g/mol. The maximum atomic E-state index is 12.7. The van der Waals surface area contributed by atoms with E-state index >= 15 is 0 Å². The van der Waals surface area contributed by atoms with Crippen molar-refractivity contribution in [2.45, 2.75) is 11.7 Å². The van der Waals surface area contributed by atoms with Crippen LogP contribution in [0.15, 0.2) is 71.3 Å². The summed E-state index contributed by atoms with van der Waals surface area (Å²) in [4.78, 5) is 25.0. The molecule has 3 rings (SSSR count). The van der Waals surface area contributed by atoms with Gasteiger partial charge in [0.15, 0.2) is 0 Å². The number of benzene rings is 2. The Morgan fingerprint density at radius 3 is 2.37 bits per heavy atom. The van der Waals surface area contributed by atoms with Gasteiger partial charge in [-0.25, -0.2) is 0 Å². The van der Waals surface area contributed by atoms with Crippen molar-refractivity contribution < 1.29 is 14.3 Å². The Morgan fingerprint density at radius 2 is 1.78 bits per heavy atom. The lowest BCUT2D eigenvalue weighted by Gasteiger charge is -2.31. The highest BCUT2D eigenvalue weighted by atomic mass is 32.2. The number of carbonyl (C=O) groups excluding carboxylic acids is 2. The Kier molecular flexibility index (Phi) is 5.94. The van der Waals surface area contributed by atoms with Crippen LogP contribution in [0.25, 0.3) is 0 Å². The molecule has 0 saturated heterocycles.